The molecule has 0 radical (unpaired) electrons. The molecule has 2 aliphatic heterocycles. The van der Waals surface area contributed by atoms with Crippen LogP contribution >= 0.6 is 0 Å². The molecule has 1 aromatic heterocycles. The van der Waals surface area contributed by atoms with Gasteiger partial charge in [-0.1, -0.05) is 18.2 Å². The van der Waals surface area contributed by atoms with Crippen LogP contribution in [0.25, 0.3) is 11.1 Å². The Balaban J connectivity index is 1.15. The number of ether oxygens (including phenoxy) is 2. The average molecular weight is 548 g/mol. The van der Waals surface area contributed by atoms with E-state index < -0.39 is 15.4 Å². The maximum absolute atomic E-state index is 13.4. The van der Waals surface area contributed by atoms with Gasteiger partial charge >= 0.3 is 0 Å². The van der Waals surface area contributed by atoms with E-state index in [9.17, 15) is 18.0 Å². The fraction of sp³-hybridized carbons (Fsp3) is 0.345. The van der Waals surface area contributed by atoms with Crippen LogP contribution in [0.2, 0.25) is 0 Å². The second kappa shape index (κ2) is 9.77. The number of piperazine rings is 1. The number of hydrogen-bond acceptors (Lipinski definition) is 7. The minimum atomic E-state index is -3.65. The van der Waals surface area contributed by atoms with Crippen molar-refractivity contribution in [2.45, 2.75) is 36.5 Å². The predicted molar refractivity (Wildman–Crippen MR) is 143 cm³/mol. The molecule has 10 heteroatoms. The second-order valence-corrected chi connectivity index (χ2v) is 12.2. The zero-order valence-corrected chi connectivity index (χ0v) is 22.4. The third-order valence-corrected chi connectivity index (χ3v) is 9.79. The summed E-state index contributed by atoms with van der Waals surface area (Å²) in [5.74, 6) is 1.45. The standard InChI is InChI=1S/C29H29N3O6S/c1-20(33)31-12-14-32(15-13-31)39(35,36)25-5-2-21(3-6-25)22-8-11-30-24(16-22)18-28(34)29(9-10-29)23-4-7-26-27(17-23)38-19-37-26/h2-8,11,16-17H,9-10,12-15,18-19H2,1H3. The van der Waals surface area contributed by atoms with Gasteiger partial charge in [-0.2, -0.15) is 4.31 Å². The summed E-state index contributed by atoms with van der Waals surface area (Å²) in [4.78, 5) is 31.3. The third-order valence-electron chi connectivity index (χ3n) is 7.88. The van der Waals surface area contributed by atoms with Gasteiger partial charge in [-0.15, -0.1) is 0 Å². The van der Waals surface area contributed by atoms with Crippen LogP contribution in [-0.2, 0) is 31.4 Å². The molecule has 0 spiro atoms. The molecule has 9 nitrogen and oxygen atoms in total. The summed E-state index contributed by atoms with van der Waals surface area (Å²) < 4.78 is 38.6. The molecule has 0 bridgehead atoms. The number of Topliss-reactive ketones (excluding diaryl/α,β-unsaturated/α-hetero) is 1. The molecule has 3 aromatic rings. The maximum atomic E-state index is 13.4. The number of pyridine rings is 1. The maximum Gasteiger partial charge on any atom is 0.243 e. The molecule has 6 rings (SSSR count). The highest BCUT2D eigenvalue weighted by atomic mass is 32.2. The molecule has 1 saturated heterocycles. The van der Waals surface area contributed by atoms with Crippen molar-refractivity contribution in [3.63, 3.8) is 0 Å². The van der Waals surface area contributed by atoms with E-state index in [2.05, 4.69) is 4.98 Å². The first kappa shape index (κ1) is 25.5. The largest absolute Gasteiger partial charge is 0.454 e. The molecule has 1 aliphatic carbocycles. The SMILES string of the molecule is CC(=O)N1CCN(S(=O)(=O)c2ccc(-c3ccnc(CC(=O)C4(c5ccc6c(c5)OCO6)CC4)c3)cc2)CC1. The fourth-order valence-electron chi connectivity index (χ4n) is 5.35. The lowest BCUT2D eigenvalue weighted by molar-refractivity contribution is -0.130. The Kier molecular flexibility index (Phi) is 6.39. The van der Waals surface area contributed by atoms with Crippen molar-refractivity contribution in [3.05, 3.63) is 72.1 Å². The van der Waals surface area contributed by atoms with E-state index in [1.165, 1.54) is 11.2 Å². The Labute approximate surface area is 227 Å². The Morgan fingerprint density at radius 3 is 2.31 bits per heavy atom. The number of benzene rings is 2. The molecule has 39 heavy (non-hydrogen) atoms. The normalized spacial score (nSPS) is 18.1. The van der Waals surface area contributed by atoms with Crippen molar-refractivity contribution in [1.29, 1.82) is 0 Å². The summed E-state index contributed by atoms with van der Waals surface area (Å²) >= 11 is 0. The topological polar surface area (TPSA) is 106 Å². The summed E-state index contributed by atoms with van der Waals surface area (Å²) in [6.07, 6.45) is 3.48. The molecule has 3 aliphatic rings. The Morgan fingerprint density at radius 2 is 1.62 bits per heavy atom. The molecular weight excluding hydrogens is 518 g/mol. The van der Waals surface area contributed by atoms with E-state index in [1.807, 2.05) is 30.3 Å². The van der Waals surface area contributed by atoms with Gasteiger partial charge in [0.15, 0.2) is 11.5 Å². The number of amides is 1. The summed E-state index contributed by atoms with van der Waals surface area (Å²) in [5, 5.41) is 0. The van der Waals surface area contributed by atoms with Crippen LogP contribution in [0.4, 0.5) is 0 Å². The van der Waals surface area contributed by atoms with Gasteiger partial charge in [0.2, 0.25) is 22.7 Å². The predicted octanol–water partition coefficient (Wildman–Crippen LogP) is 3.17. The van der Waals surface area contributed by atoms with E-state index >= 15 is 0 Å². The van der Waals surface area contributed by atoms with Crippen LogP contribution in [-0.4, -0.2) is 67.3 Å². The highest BCUT2D eigenvalue weighted by molar-refractivity contribution is 7.89. The van der Waals surface area contributed by atoms with Crippen molar-refractivity contribution >= 4 is 21.7 Å². The molecule has 1 amide bonds. The van der Waals surface area contributed by atoms with Crippen LogP contribution in [0.1, 0.15) is 31.0 Å². The first-order valence-corrected chi connectivity index (χ1v) is 14.4. The molecule has 202 valence electrons. The minimum Gasteiger partial charge on any atom is -0.454 e. The number of rotatable bonds is 7. The van der Waals surface area contributed by atoms with Gasteiger partial charge in [0.05, 0.1) is 10.3 Å². The van der Waals surface area contributed by atoms with Gasteiger partial charge in [0.1, 0.15) is 5.78 Å². The van der Waals surface area contributed by atoms with Crippen molar-refractivity contribution in [2.24, 2.45) is 0 Å². The number of ketones is 1. The molecular formula is C29H29N3O6S. The van der Waals surface area contributed by atoms with Crippen LogP contribution in [0.5, 0.6) is 11.5 Å². The van der Waals surface area contributed by atoms with Crippen LogP contribution in [0, 0.1) is 0 Å². The fourth-order valence-corrected chi connectivity index (χ4v) is 6.77. The average Bonchev–Trinajstić information content (AvgIpc) is 3.64. The lowest BCUT2D eigenvalue weighted by atomic mass is 9.88. The van der Waals surface area contributed by atoms with Crippen LogP contribution in [0.15, 0.2) is 65.7 Å². The van der Waals surface area contributed by atoms with Gasteiger partial charge in [-0.05, 0) is 65.9 Å². The summed E-state index contributed by atoms with van der Waals surface area (Å²) in [6, 6.07) is 16.2. The Morgan fingerprint density at radius 1 is 0.897 bits per heavy atom. The van der Waals surface area contributed by atoms with Gasteiger partial charge in [0.25, 0.3) is 0 Å². The zero-order valence-electron chi connectivity index (χ0n) is 21.6. The van der Waals surface area contributed by atoms with E-state index in [1.54, 1.807) is 35.4 Å². The number of sulfonamides is 1. The number of fused-ring (bicyclic) bond motifs is 1. The van der Waals surface area contributed by atoms with Gasteiger partial charge < -0.3 is 14.4 Å². The van der Waals surface area contributed by atoms with E-state index in [0.29, 0.717) is 30.3 Å². The number of aromatic nitrogens is 1. The molecule has 0 atom stereocenters. The second-order valence-electron chi connectivity index (χ2n) is 10.2. The number of nitrogens with zero attached hydrogens (tertiary/aromatic N) is 3. The number of hydrogen-bond donors (Lipinski definition) is 0. The van der Waals surface area contributed by atoms with Gasteiger partial charge in [0, 0.05) is 51.4 Å². The molecule has 2 aromatic carbocycles. The number of carbonyl (C=O) groups excluding carboxylic acids is 2. The van der Waals surface area contributed by atoms with Gasteiger partial charge in [-0.25, -0.2) is 8.42 Å². The summed E-state index contributed by atoms with van der Waals surface area (Å²) in [6.45, 7) is 3.02. The van der Waals surface area contributed by atoms with E-state index in [0.717, 1.165) is 29.5 Å². The first-order valence-electron chi connectivity index (χ1n) is 13.0. The van der Waals surface area contributed by atoms with E-state index in [4.69, 9.17) is 9.47 Å². The van der Waals surface area contributed by atoms with Crippen molar-refractivity contribution < 1.29 is 27.5 Å². The van der Waals surface area contributed by atoms with Crippen LogP contribution in [0.3, 0.4) is 0 Å². The highest BCUT2D eigenvalue weighted by Crippen LogP contribution is 2.51. The Bertz CT molecular complexity index is 1540. The highest BCUT2D eigenvalue weighted by Gasteiger charge is 2.51. The molecule has 0 N–H and O–H groups in total. The lowest BCUT2D eigenvalue weighted by Crippen LogP contribution is -2.49. The van der Waals surface area contributed by atoms with Gasteiger partial charge in [-0.3, -0.25) is 14.6 Å². The summed E-state index contributed by atoms with van der Waals surface area (Å²) in [5.41, 5.74) is 2.81. The molecule has 2 fully saturated rings. The van der Waals surface area contributed by atoms with Crippen molar-refractivity contribution in [2.75, 3.05) is 33.0 Å². The Hall–Kier alpha value is -3.76. The smallest absolute Gasteiger partial charge is 0.243 e. The monoisotopic (exact) mass is 547 g/mol. The summed E-state index contributed by atoms with van der Waals surface area (Å²) in [7, 11) is -3.65. The first-order chi connectivity index (χ1) is 18.8. The third kappa shape index (κ3) is 4.79. The van der Waals surface area contributed by atoms with Crippen LogP contribution < -0.4 is 9.47 Å². The quantitative estimate of drug-likeness (QED) is 0.447. The molecule has 3 heterocycles. The lowest BCUT2D eigenvalue weighted by Gasteiger charge is -2.33. The molecule has 1 saturated carbocycles. The van der Waals surface area contributed by atoms with Crippen molar-refractivity contribution in [3.8, 4) is 22.6 Å². The zero-order chi connectivity index (χ0) is 27.2. The molecule has 0 unspecified atom stereocenters. The van der Waals surface area contributed by atoms with E-state index in [-0.39, 0.29) is 42.9 Å². The minimum absolute atomic E-state index is 0.0462. The number of carbonyl (C=O) groups is 2. The van der Waals surface area contributed by atoms with Crippen molar-refractivity contribution in [1.82, 2.24) is 14.2 Å².